The summed E-state index contributed by atoms with van der Waals surface area (Å²) in [5, 5.41) is 5.03. The van der Waals surface area contributed by atoms with Crippen LogP contribution in [0.25, 0.3) is 49.4 Å². The number of anilines is 3. The van der Waals surface area contributed by atoms with Gasteiger partial charge in [0.1, 0.15) is 11.9 Å². The van der Waals surface area contributed by atoms with Gasteiger partial charge in [0.05, 0.1) is 11.0 Å². The highest BCUT2D eigenvalue weighted by molar-refractivity contribution is 6.09. The number of benzene rings is 7. The summed E-state index contributed by atoms with van der Waals surface area (Å²) in [7, 11) is 0. The molecule has 0 saturated carbocycles. The second-order valence-corrected chi connectivity index (χ2v) is 12.9. The second kappa shape index (κ2) is 11.1. The highest BCUT2D eigenvalue weighted by Gasteiger charge is 2.32. The summed E-state index contributed by atoms with van der Waals surface area (Å²) in [5.74, 6) is 1.18. The Kier molecular flexibility index (Phi) is 6.31. The number of fused-ring (bicyclic) bond motifs is 7. The molecule has 1 aliphatic carbocycles. The first-order chi connectivity index (χ1) is 24.3. The summed E-state index contributed by atoms with van der Waals surface area (Å²) in [4.78, 5) is 2.36. The maximum absolute atomic E-state index is 6.32. The Morgan fingerprint density at radius 3 is 1.86 bits per heavy atom. The van der Waals surface area contributed by atoms with Crippen LogP contribution >= 0.6 is 0 Å². The molecule has 2 aliphatic rings. The monoisotopic (exact) mass is 628 g/mol. The molecule has 0 saturated heterocycles. The van der Waals surface area contributed by atoms with Crippen molar-refractivity contribution >= 4 is 49.6 Å². The van der Waals surface area contributed by atoms with Crippen LogP contribution in [-0.4, -0.2) is 10.7 Å². The number of rotatable bonds is 5. The first kappa shape index (κ1) is 27.8. The van der Waals surface area contributed by atoms with Gasteiger partial charge in [-0.05, 0) is 101 Å². The Labute approximate surface area is 285 Å². The molecule has 0 spiro atoms. The fourth-order valence-electron chi connectivity index (χ4n) is 7.74. The van der Waals surface area contributed by atoms with E-state index in [4.69, 9.17) is 4.74 Å². The fourth-order valence-corrected chi connectivity index (χ4v) is 7.74. The van der Waals surface area contributed by atoms with Crippen molar-refractivity contribution in [2.45, 2.75) is 12.0 Å². The second-order valence-electron chi connectivity index (χ2n) is 12.9. The van der Waals surface area contributed by atoms with Crippen LogP contribution in [0.1, 0.15) is 11.5 Å². The van der Waals surface area contributed by atoms with Gasteiger partial charge in [-0.25, -0.2) is 0 Å². The zero-order valence-corrected chi connectivity index (χ0v) is 26.8. The van der Waals surface area contributed by atoms with Crippen molar-refractivity contribution in [3.63, 3.8) is 0 Å². The number of allylic oxidation sites excluding steroid dienone is 2. The van der Waals surface area contributed by atoms with Crippen molar-refractivity contribution in [1.82, 2.24) is 4.57 Å². The molecule has 10 rings (SSSR count). The Balaban J connectivity index is 1.08. The molecule has 2 heterocycles. The van der Waals surface area contributed by atoms with Gasteiger partial charge in [-0.1, -0.05) is 103 Å². The average molecular weight is 629 g/mol. The predicted octanol–water partition coefficient (Wildman–Crippen LogP) is 12.0. The van der Waals surface area contributed by atoms with Crippen LogP contribution in [0.4, 0.5) is 17.1 Å². The van der Waals surface area contributed by atoms with E-state index in [1.54, 1.807) is 0 Å². The molecular weight excluding hydrogens is 597 g/mol. The molecular formula is C46H32N2O. The third-order valence-corrected chi connectivity index (χ3v) is 10.1. The van der Waals surface area contributed by atoms with Crippen molar-refractivity contribution < 1.29 is 4.74 Å². The van der Waals surface area contributed by atoms with Gasteiger partial charge in [-0.3, -0.25) is 0 Å². The van der Waals surface area contributed by atoms with Gasteiger partial charge in [0.2, 0.25) is 0 Å². The van der Waals surface area contributed by atoms with Crippen LogP contribution in [0.3, 0.4) is 0 Å². The van der Waals surface area contributed by atoms with Crippen molar-refractivity contribution in [3.8, 4) is 22.6 Å². The van der Waals surface area contributed by atoms with Crippen molar-refractivity contribution in [2.24, 2.45) is 0 Å². The number of hydrogen-bond donors (Lipinski definition) is 0. The van der Waals surface area contributed by atoms with Crippen LogP contribution in [0, 0.1) is 0 Å². The van der Waals surface area contributed by atoms with Gasteiger partial charge in [0.25, 0.3) is 0 Å². The first-order valence-electron chi connectivity index (χ1n) is 16.9. The summed E-state index contributed by atoms with van der Waals surface area (Å²) in [5.41, 5.74) is 10.5. The fraction of sp³-hybridized carbons (Fsp3) is 0.0435. The minimum Gasteiger partial charge on any atom is -0.485 e. The number of ether oxygens (including phenoxy) is 1. The number of hydrogen-bond acceptors (Lipinski definition) is 2. The van der Waals surface area contributed by atoms with Gasteiger partial charge in [-0.15, -0.1) is 0 Å². The van der Waals surface area contributed by atoms with Gasteiger partial charge in [-0.2, -0.15) is 0 Å². The Bertz CT molecular complexity index is 2540. The number of aromatic nitrogens is 1. The van der Waals surface area contributed by atoms with E-state index in [2.05, 4.69) is 191 Å². The van der Waals surface area contributed by atoms with Crippen molar-refractivity contribution in [2.75, 3.05) is 4.90 Å². The van der Waals surface area contributed by atoms with Crippen LogP contribution < -0.4 is 9.64 Å². The molecule has 2 unspecified atom stereocenters. The highest BCUT2D eigenvalue weighted by atomic mass is 16.5. The molecule has 2 atom stereocenters. The van der Waals surface area contributed by atoms with Crippen LogP contribution in [0.5, 0.6) is 5.75 Å². The highest BCUT2D eigenvalue weighted by Crippen LogP contribution is 2.45. The van der Waals surface area contributed by atoms with Crippen LogP contribution in [0.15, 0.2) is 182 Å². The molecule has 0 bridgehead atoms. The summed E-state index contributed by atoms with van der Waals surface area (Å²) in [6, 6.07) is 57.1. The zero-order chi connectivity index (χ0) is 32.3. The van der Waals surface area contributed by atoms with Gasteiger partial charge in [0.15, 0.2) is 0 Å². The standard InChI is InChI=1S/C46H32N2O/c1-2-10-33-29-34(18-17-31(33)9-1)32-19-21-35(22-20-32)47(38-27-28-46-42(30-38)41-13-5-8-16-45(41)49-46)36-23-25-37(26-24-36)48-43-14-6-3-11-39(43)40-12-4-7-15-44(40)48/h1-30,41,45H. The molecule has 0 amide bonds. The zero-order valence-electron chi connectivity index (χ0n) is 26.8. The largest absolute Gasteiger partial charge is 0.485 e. The number of para-hydroxylation sites is 2. The molecule has 1 aromatic heterocycles. The topological polar surface area (TPSA) is 17.4 Å². The molecule has 7 aromatic carbocycles. The number of nitrogens with zero attached hydrogens (tertiary/aromatic N) is 2. The summed E-state index contributed by atoms with van der Waals surface area (Å²) in [6.07, 6.45) is 8.67. The Morgan fingerprint density at radius 2 is 1.10 bits per heavy atom. The lowest BCUT2D eigenvalue weighted by molar-refractivity contribution is 0.269. The maximum Gasteiger partial charge on any atom is 0.128 e. The molecule has 8 aromatic rings. The van der Waals surface area contributed by atoms with Crippen molar-refractivity contribution in [3.05, 3.63) is 188 Å². The summed E-state index contributed by atoms with van der Waals surface area (Å²) < 4.78 is 8.69. The third-order valence-electron chi connectivity index (χ3n) is 10.1. The van der Waals surface area contributed by atoms with E-state index < -0.39 is 0 Å². The van der Waals surface area contributed by atoms with Gasteiger partial charge >= 0.3 is 0 Å². The van der Waals surface area contributed by atoms with Crippen molar-refractivity contribution in [1.29, 1.82) is 0 Å². The molecule has 3 nitrogen and oxygen atoms in total. The van der Waals surface area contributed by atoms with Crippen LogP contribution in [-0.2, 0) is 0 Å². The summed E-state index contributed by atoms with van der Waals surface area (Å²) >= 11 is 0. The summed E-state index contributed by atoms with van der Waals surface area (Å²) in [6.45, 7) is 0. The SMILES string of the molecule is C1=CC2Oc3ccc(N(c4ccc(-c5ccc6ccccc6c5)cc4)c4ccc(-n5c6ccccc6c6ccccc65)cc4)cc3C2C=C1. The van der Waals surface area contributed by atoms with E-state index in [1.165, 1.54) is 49.3 Å². The van der Waals surface area contributed by atoms with E-state index in [9.17, 15) is 0 Å². The minimum atomic E-state index is 0.0513. The lowest BCUT2D eigenvalue weighted by Crippen LogP contribution is -2.15. The average Bonchev–Trinajstić information content (AvgIpc) is 3.71. The normalized spacial score (nSPS) is 16.2. The lowest BCUT2D eigenvalue weighted by atomic mass is 9.91. The third kappa shape index (κ3) is 4.58. The molecule has 232 valence electrons. The van der Waals surface area contributed by atoms with Crippen LogP contribution in [0.2, 0.25) is 0 Å². The Morgan fingerprint density at radius 1 is 0.490 bits per heavy atom. The van der Waals surface area contributed by atoms with E-state index in [-0.39, 0.29) is 12.0 Å². The van der Waals surface area contributed by atoms with Gasteiger partial charge in [0, 0.05) is 45.0 Å². The molecule has 3 heteroatoms. The molecule has 0 N–H and O–H groups in total. The van der Waals surface area contributed by atoms with E-state index in [1.807, 2.05) is 0 Å². The molecule has 0 fully saturated rings. The smallest absolute Gasteiger partial charge is 0.128 e. The first-order valence-corrected chi connectivity index (χ1v) is 16.9. The van der Waals surface area contributed by atoms with E-state index >= 15 is 0 Å². The Hall–Kier alpha value is -6.32. The van der Waals surface area contributed by atoms with Gasteiger partial charge < -0.3 is 14.2 Å². The molecule has 0 radical (unpaired) electrons. The predicted molar refractivity (Wildman–Crippen MR) is 204 cm³/mol. The molecule has 49 heavy (non-hydrogen) atoms. The minimum absolute atomic E-state index is 0.0513. The maximum atomic E-state index is 6.32. The quantitative estimate of drug-likeness (QED) is 0.189. The lowest BCUT2D eigenvalue weighted by Gasteiger charge is -2.27. The van der Waals surface area contributed by atoms with E-state index in [0.717, 1.165) is 28.5 Å². The van der Waals surface area contributed by atoms with E-state index in [0.29, 0.717) is 0 Å². The molecule has 1 aliphatic heterocycles.